The number of rotatable bonds is 3. The average molecular weight is 312 g/mol. The van der Waals surface area contributed by atoms with Gasteiger partial charge < -0.3 is 10.5 Å². The second kappa shape index (κ2) is 5.59. The topological polar surface area (TPSA) is 72.6 Å². The van der Waals surface area contributed by atoms with Gasteiger partial charge in [0.05, 0.1) is 10.5 Å². The van der Waals surface area contributed by atoms with Crippen LogP contribution < -0.4 is 5.73 Å². The van der Waals surface area contributed by atoms with Crippen LogP contribution in [0.1, 0.15) is 30.9 Å². The maximum Gasteiger partial charge on any atom is 0.243 e. The van der Waals surface area contributed by atoms with Crippen molar-refractivity contribution in [3.63, 3.8) is 0 Å². The third-order valence-electron chi connectivity index (χ3n) is 4.36. The minimum Gasteiger partial charge on any atom is -0.398 e. The van der Waals surface area contributed by atoms with Crippen LogP contribution in [0.15, 0.2) is 17.0 Å². The number of nitrogens with zero attached hydrogens (tertiary/aromatic N) is 1. The van der Waals surface area contributed by atoms with Crippen molar-refractivity contribution in [2.75, 3.05) is 25.9 Å². The number of sulfonamides is 1. The number of hydrogen-bond donors (Lipinski definition) is 1. The van der Waals surface area contributed by atoms with Gasteiger partial charge in [0.15, 0.2) is 0 Å². The quantitative estimate of drug-likeness (QED) is 0.867. The Hall–Kier alpha value is -1.11. The Morgan fingerprint density at radius 1 is 1.33 bits per heavy atom. The number of hydrogen-bond acceptors (Lipinski definition) is 4. The fraction of sp³-hybridized carbons (Fsp3) is 0.600. The zero-order valence-corrected chi connectivity index (χ0v) is 14.0. The smallest absolute Gasteiger partial charge is 0.243 e. The van der Waals surface area contributed by atoms with Crippen LogP contribution in [0.4, 0.5) is 5.69 Å². The highest BCUT2D eigenvalue weighted by molar-refractivity contribution is 7.89. The molecule has 1 aliphatic heterocycles. The molecule has 2 N–H and O–H groups in total. The highest BCUT2D eigenvalue weighted by Crippen LogP contribution is 2.32. The van der Waals surface area contributed by atoms with Gasteiger partial charge in [-0.2, -0.15) is 4.31 Å². The summed E-state index contributed by atoms with van der Waals surface area (Å²) in [5.74, 6) is 0. The summed E-state index contributed by atoms with van der Waals surface area (Å²) in [6.07, 6.45) is 1.66. The lowest BCUT2D eigenvalue weighted by Gasteiger charge is -2.39. The second-order valence-electron chi connectivity index (χ2n) is 6.02. The maximum atomic E-state index is 13.0. The third kappa shape index (κ3) is 2.93. The summed E-state index contributed by atoms with van der Waals surface area (Å²) in [6, 6.07) is 3.51. The lowest BCUT2D eigenvalue weighted by molar-refractivity contribution is -0.0319. The van der Waals surface area contributed by atoms with Gasteiger partial charge in [0.2, 0.25) is 10.0 Å². The minimum absolute atomic E-state index is 0.336. The number of methoxy groups -OCH3 is 1. The lowest BCUT2D eigenvalue weighted by atomic mass is 9.96. The standard InChI is InChI=1S/C15H24N2O3S/c1-11-6-7-13(16)12(2)14(11)21(18,19)17-9-5-8-15(3,10-17)20-4/h6-7H,5,8-10,16H2,1-4H3. The largest absolute Gasteiger partial charge is 0.398 e. The molecule has 1 heterocycles. The first-order chi connectivity index (χ1) is 9.71. The molecule has 0 amide bonds. The van der Waals surface area contributed by atoms with Crippen molar-refractivity contribution in [1.82, 2.24) is 4.31 Å². The molecular formula is C15H24N2O3S. The van der Waals surface area contributed by atoms with Crippen LogP contribution in [0, 0.1) is 13.8 Å². The lowest BCUT2D eigenvalue weighted by Crippen LogP contribution is -2.49. The van der Waals surface area contributed by atoms with Crippen LogP contribution in [0.25, 0.3) is 0 Å². The number of aryl methyl sites for hydroxylation is 1. The normalized spacial score (nSPS) is 24.2. The first kappa shape index (κ1) is 16.3. The first-order valence-electron chi connectivity index (χ1n) is 7.12. The summed E-state index contributed by atoms with van der Waals surface area (Å²) < 4.78 is 33.0. The van der Waals surface area contributed by atoms with Gasteiger partial charge in [0.1, 0.15) is 0 Å². The van der Waals surface area contributed by atoms with Crippen LogP contribution in [0.2, 0.25) is 0 Å². The van der Waals surface area contributed by atoms with Gasteiger partial charge in [-0.1, -0.05) is 6.07 Å². The highest BCUT2D eigenvalue weighted by atomic mass is 32.2. The maximum absolute atomic E-state index is 13.0. The molecule has 6 heteroatoms. The zero-order valence-electron chi connectivity index (χ0n) is 13.1. The molecule has 1 aromatic carbocycles. The third-order valence-corrected chi connectivity index (χ3v) is 6.49. The van der Waals surface area contributed by atoms with E-state index in [1.807, 2.05) is 6.92 Å². The van der Waals surface area contributed by atoms with E-state index in [-0.39, 0.29) is 0 Å². The summed E-state index contributed by atoms with van der Waals surface area (Å²) in [6.45, 7) is 6.41. The molecule has 0 aliphatic carbocycles. The van der Waals surface area contributed by atoms with E-state index < -0.39 is 15.6 Å². The molecule has 1 fully saturated rings. The Kier molecular flexibility index (Phi) is 4.33. The van der Waals surface area contributed by atoms with Gasteiger partial charge >= 0.3 is 0 Å². The van der Waals surface area contributed by atoms with Crippen LogP contribution in [0.5, 0.6) is 0 Å². The van der Waals surface area contributed by atoms with Crippen molar-refractivity contribution < 1.29 is 13.2 Å². The fourth-order valence-corrected chi connectivity index (χ4v) is 4.95. The Morgan fingerprint density at radius 3 is 2.62 bits per heavy atom. The van der Waals surface area contributed by atoms with Gasteiger partial charge in [-0.15, -0.1) is 0 Å². The Morgan fingerprint density at radius 2 is 2.00 bits per heavy atom. The van der Waals surface area contributed by atoms with Crippen LogP contribution in [-0.4, -0.2) is 38.5 Å². The molecule has 21 heavy (non-hydrogen) atoms. The summed E-state index contributed by atoms with van der Waals surface area (Å²) in [5, 5.41) is 0. The molecule has 1 saturated heterocycles. The van der Waals surface area contributed by atoms with Gasteiger partial charge in [-0.3, -0.25) is 0 Å². The van der Waals surface area contributed by atoms with Crippen molar-refractivity contribution in [3.8, 4) is 0 Å². The van der Waals surface area contributed by atoms with Crippen LogP contribution in [-0.2, 0) is 14.8 Å². The Balaban J connectivity index is 2.46. The van der Waals surface area contributed by atoms with E-state index in [1.54, 1.807) is 33.1 Å². The summed E-state index contributed by atoms with van der Waals surface area (Å²) in [5.41, 5.74) is 7.32. The molecule has 1 aliphatic rings. The average Bonchev–Trinajstić information content (AvgIpc) is 2.43. The minimum atomic E-state index is -3.55. The number of anilines is 1. The first-order valence-corrected chi connectivity index (χ1v) is 8.56. The fourth-order valence-electron chi connectivity index (χ4n) is 2.90. The van der Waals surface area contributed by atoms with Gasteiger partial charge in [0, 0.05) is 25.9 Å². The van der Waals surface area contributed by atoms with Crippen molar-refractivity contribution >= 4 is 15.7 Å². The molecule has 1 aromatic rings. The summed E-state index contributed by atoms with van der Waals surface area (Å²) in [4.78, 5) is 0.336. The van der Waals surface area contributed by atoms with Crippen molar-refractivity contribution in [1.29, 1.82) is 0 Å². The van der Waals surface area contributed by atoms with E-state index in [0.29, 0.717) is 29.2 Å². The van der Waals surface area contributed by atoms with E-state index in [0.717, 1.165) is 18.4 Å². The molecule has 118 valence electrons. The molecule has 0 spiro atoms. The number of piperidine rings is 1. The molecule has 1 unspecified atom stereocenters. The van der Waals surface area contributed by atoms with Crippen LogP contribution >= 0.6 is 0 Å². The predicted molar refractivity (Wildman–Crippen MR) is 83.7 cm³/mol. The van der Waals surface area contributed by atoms with E-state index in [9.17, 15) is 8.42 Å². The monoisotopic (exact) mass is 312 g/mol. The van der Waals surface area contributed by atoms with E-state index in [1.165, 1.54) is 4.31 Å². The number of nitrogens with two attached hydrogens (primary N) is 1. The van der Waals surface area contributed by atoms with Crippen molar-refractivity contribution in [2.24, 2.45) is 0 Å². The molecule has 1 atom stereocenters. The van der Waals surface area contributed by atoms with Gasteiger partial charge in [-0.25, -0.2) is 8.42 Å². The number of nitrogen functional groups attached to an aromatic ring is 1. The molecule has 0 radical (unpaired) electrons. The molecule has 0 saturated carbocycles. The number of benzene rings is 1. The summed E-state index contributed by atoms with van der Waals surface area (Å²) >= 11 is 0. The SMILES string of the molecule is COC1(C)CCCN(S(=O)(=O)c2c(C)ccc(N)c2C)C1. The van der Waals surface area contributed by atoms with E-state index in [4.69, 9.17) is 10.5 Å². The highest BCUT2D eigenvalue weighted by Gasteiger charge is 2.38. The zero-order chi connectivity index (χ0) is 15.8. The summed E-state index contributed by atoms with van der Waals surface area (Å²) in [7, 11) is -1.92. The van der Waals surface area contributed by atoms with Crippen molar-refractivity contribution in [2.45, 2.75) is 44.1 Å². The molecule has 0 bridgehead atoms. The van der Waals surface area contributed by atoms with Crippen LogP contribution in [0.3, 0.4) is 0 Å². The Labute approximate surface area is 127 Å². The molecule has 0 aromatic heterocycles. The Bertz CT molecular complexity index is 643. The second-order valence-corrected chi connectivity index (χ2v) is 7.90. The predicted octanol–water partition coefficient (Wildman–Crippen LogP) is 2.08. The van der Waals surface area contributed by atoms with Gasteiger partial charge in [-0.05, 0) is 50.8 Å². The van der Waals surface area contributed by atoms with Gasteiger partial charge in [0.25, 0.3) is 0 Å². The van der Waals surface area contributed by atoms with Crippen molar-refractivity contribution in [3.05, 3.63) is 23.3 Å². The van der Waals surface area contributed by atoms with E-state index >= 15 is 0 Å². The van der Waals surface area contributed by atoms with E-state index in [2.05, 4.69) is 0 Å². The number of ether oxygens (including phenoxy) is 1. The molecular weight excluding hydrogens is 288 g/mol. The molecule has 2 rings (SSSR count). The molecule has 5 nitrogen and oxygen atoms in total.